The molecule has 0 aliphatic carbocycles. The van der Waals surface area contributed by atoms with E-state index < -0.39 is 63.4 Å². The predicted molar refractivity (Wildman–Crippen MR) is 238 cm³/mol. The van der Waals surface area contributed by atoms with Crippen LogP contribution in [0.15, 0.2) is 116 Å². The first kappa shape index (κ1) is 45.5. The molecule has 2 heterocycles. The van der Waals surface area contributed by atoms with Crippen LogP contribution in [-0.4, -0.2) is 97.7 Å². The number of hydrogen-bond acceptors (Lipinski definition) is 8. The summed E-state index contributed by atoms with van der Waals surface area (Å²) in [4.78, 5) is 61.3. The highest BCUT2D eigenvalue weighted by Crippen LogP contribution is 2.52. The van der Waals surface area contributed by atoms with Gasteiger partial charge in [-0.3, -0.25) is 9.59 Å². The zero-order chi connectivity index (χ0) is 42.9. The van der Waals surface area contributed by atoms with Crippen LogP contribution in [0, 0.1) is 23.2 Å². The van der Waals surface area contributed by atoms with Crippen LogP contribution in [0.5, 0.6) is 0 Å². The van der Waals surface area contributed by atoms with Gasteiger partial charge in [0, 0.05) is 32.4 Å². The molecule has 1 unspecified atom stereocenters. The van der Waals surface area contributed by atoms with Crippen molar-refractivity contribution in [3.63, 3.8) is 0 Å². The lowest BCUT2D eigenvalue weighted by Crippen LogP contribution is -2.71. The molecule has 3 aromatic carbocycles. The SMILES string of the molecule is C=CCOC(=O)C(N1C(=O)[C@@H]([C@@H](CO[Si](C)C)C(C)(C)C)[C@H]1[C@@H](C)C(=O)CC(O)[C@@H]1CCCN1C(=O)OCC=C)=P(c1ccccc1)(c1ccccc1)c1ccccc1. The van der Waals surface area contributed by atoms with Crippen molar-refractivity contribution in [1.29, 1.82) is 0 Å². The highest BCUT2D eigenvalue weighted by Gasteiger charge is 2.60. The van der Waals surface area contributed by atoms with Gasteiger partial charge in [-0.05, 0) is 53.2 Å². The lowest BCUT2D eigenvalue weighted by molar-refractivity contribution is -0.164. The molecule has 1 radical (unpaired) electrons. The van der Waals surface area contributed by atoms with Gasteiger partial charge in [-0.1, -0.05) is 144 Å². The maximum Gasteiger partial charge on any atom is 0.410 e. The van der Waals surface area contributed by atoms with E-state index in [4.69, 9.17) is 13.9 Å². The number of aliphatic hydroxyl groups is 1. The molecule has 2 amide bonds. The first-order valence-corrected chi connectivity index (χ1v) is 24.6. The van der Waals surface area contributed by atoms with Gasteiger partial charge >= 0.3 is 12.1 Å². The first-order valence-electron chi connectivity index (χ1n) is 20.4. The van der Waals surface area contributed by atoms with Crippen molar-refractivity contribution in [1.82, 2.24) is 9.80 Å². The zero-order valence-electron chi connectivity index (χ0n) is 35.3. The second-order valence-corrected chi connectivity index (χ2v) is 22.0. The van der Waals surface area contributed by atoms with E-state index in [0.717, 1.165) is 15.9 Å². The first-order chi connectivity index (χ1) is 28.2. The smallest absolute Gasteiger partial charge is 0.410 e. The fourth-order valence-corrected chi connectivity index (χ4v) is 13.5. The number of Topliss-reactive ketones (excluding diaryl/α,β-unsaturated/α-hetero) is 1. The standard InChI is InChI=1S/C47H60N2O8PSi/c1-9-29-55-45(53)44(58(34-21-14-11-15-22-34,35-23-16-12-17-24-35)36-25-18-13-19-26-36)49-42(41(43(49)52)37(47(4,5)6)32-57-59(7)8)33(3)39(50)31-40(51)38-27-20-28-48(38)46(54)56-30-10-2/h9-19,21-26,33,37-38,40-42,51H,1-2,20,27-32H2,3-8H3/t33-,37+,38-,40?,41-,42+/m0/s1. The molecule has 3 aromatic rings. The third kappa shape index (κ3) is 9.76. The van der Waals surface area contributed by atoms with Gasteiger partial charge < -0.3 is 28.8 Å². The van der Waals surface area contributed by atoms with Crippen molar-refractivity contribution >= 4 is 61.0 Å². The highest BCUT2D eigenvalue weighted by molar-refractivity contribution is 7.96. The second-order valence-electron chi connectivity index (χ2n) is 16.6. The van der Waals surface area contributed by atoms with E-state index in [0.29, 0.717) is 26.0 Å². The van der Waals surface area contributed by atoms with E-state index in [1.54, 1.807) is 11.8 Å². The molecular weight excluding hydrogens is 780 g/mol. The maximum atomic E-state index is 15.4. The summed E-state index contributed by atoms with van der Waals surface area (Å²) < 4.78 is 17.6. The van der Waals surface area contributed by atoms with Crippen molar-refractivity contribution < 1.29 is 38.2 Å². The lowest BCUT2D eigenvalue weighted by atomic mass is 9.63. The Bertz CT molecular complexity index is 1900. The molecule has 2 aliphatic heterocycles. The van der Waals surface area contributed by atoms with Crippen molar-refractivity contribution in [2.75, 3.05) is 26.4 Å². The highest BCUT2D eigenvalue weighted by atomic mass is 31.2. The van der Waals surface area contributed by atoms with Gasteiger partial charge in [-0.25, -0.2) is 9.59 Å². The summed E-state index contributed by atoms with van der Waals surface area (Å²) in [5.41, 5.74) is -0.264. The van der Waals surface area contributed by atoms with Gasteiger partial charge in [0.1, 0.15) is 24.4 Å². The molecule has 0 saturated carbocycles. The van der Waals surface area contributed by atoms with Gasteiger partial charge in [0.25, 0.3) is 0 Å². The average Bonchev–Trinajstić information content (AvgIpc) is 3.73. The number of ketones is 1. The summed E-state index contributed by atoms with van der Waals surface area (Å²) in [5, 5.41) is 14.1. The average molecular weight is 840 g/mol. The van der Waals surface area contributed by atoms with Crippen LogP contribution < -0.4 is 15.9 Å². The Kier molecular flexibility index (Phi) is 15.5. The number of aliphatic hydroxyl groups excluding tert-OH is 1. The summed E-state index contributed by atoms with van der Waals surface area (Å²) in [6.07, 6.45) is 2.14. The van der Waals surface area contributed by atoms with Gasteiger partial charge in [-0.2, -0.15) is 0 Å². The minimum absolute atomic E-state index is 0.0332. The van der Waals surface area contributed by atoms with Crippen molar-refractivity contribution in [2.45, 2.75) is 78.2 Å². The summed E-state index contributed by atoms with van der Waals surface area (Å²) >= 11 is 0. The number of nitrogens with zero attached hydrogens (tertiary/aromatic N) is 2. The summed E-state index contributed by atoms with van der Waals surface area (Å²) in [6.45, 7) is 16.9. The Morgan fingerprint density at radius 1 is 0.881 bits per heavy atom. The monoisotopic (exact) mass is 839 g/mol. The van der Waals surface area contributed by atoms with Gasteiger partial charge in [0.05, 0.1) is 24.1 Å². The fourth-order valence-electron chi connectivity index (χ4n) is 8.59. The van der Waals surface area contributed by atoms with Gasteiger partial charge in [0.2, 0.25) is 14.9 Å². The third-order valence-electron chi connectivity index (χ3n) is 11.5. The lowest BCUT2D eigenvalue weighted by Gasteiger charge is -2.56. The normalized spacial score (nSPS) is 19.7. The number of benzene rings is 3. The molecule has 10 nitrogen and oxygen atoms in total. The van der Waals surface area contributed by atoms with E-state index >= 15 is 9.59 Å². The van der Waals surface area contributed by atoms with Crippen LogP contribution in [0.25, 0.3) is 0 Å². The molecule has 2 saturated heterocycles. The number of esters is 1. The summed E-state index contributed by atoms with van der Waals surface area (Å²) in [6, 6.07) is 27.8. The van der Waals surface area contributed by atoms with Crippen LogP contribution in [0.1, 0.15) is 47.0 Å². The predicted octanol–water partition coefficient (Wildman–Crippen LogP) is 6.34. The van der Waals surface area contributed by atoms with Crippen LogP contribution >= 0.6 is 6.89 Å². The van der Waals surface area contributed by atoms with Crippen LogP contribution in [0.3, 0.4) is 0 Å². The minimum atomic E-state index is -3.27. The molecule has 2 aliphatic rings. The Labute approximate surface area is 351 Å². The Balaban J connectivity index is 1.76. The van der Waals surface area contributed by atoms with E-state index in [-0.39, 0.29) is 42.7 Å². The van der Waals surface area contributed by atoms with E-state index in [1.807, 2.05) is 104 Å². The topological polar surface area (TPSA) is 123 Å². The van der Waals surface area contributed by atoms with E-state index in [1.165, 1.54) is 17.1 Å². The molecule has 315 valence electrons. The molecule has 6 atom stereocenters. The third-order valence-corrected chi connectivity index (χ3v) is 16.5. The maximum absolute atomic E-state index is 15.4. The molecule has 2 fully saturated rings. The molecule has 59 heavy (non-hydrogen) atoms. The van der Waals surface area contributed by atoms with Crippen LogP contribution in [0.4, 0.5) is 4.79 Å². The number of likely N-dealkylation sites (tertiary alicyclic amines) is 2. The Morgan fingerprint density at radius 3 is 1.86 bits per heavy atom. The van der Waals surface area contributed by atoms with Crippen molar-refractivity contribution in [2.24, 2.45) is 23.2 Å². The largest absolute Gasteiger partial charge is 0.457 e. The Morgan fingerprint density at radius 2 is 1.39 bits per heavy atom. The number of ether oxygens (including phenoxy) is 2. The molecule has 12 heteroatoms. The molecule has 5 rings (SSSR count). The second kappa shape index (κ2) is 20.1. The van der Waals surface area contributed by atoms with Crippen LogP contribution in [-0.2, 0) is 28.3 Å². The summed E-state index contributed by atoms with van der Waals surface area (Å²) in [5.74, 6) is -3.14. The number of rotatable bonds is 18. The number of β-lactam (4-membered cyclic amide) rings is 1. The molecule has 0 bridgehead atoms. The van der Waals surface area contributed by atoms with E-state index in [9.17, 15) is 14.7 Å². The van der Waals surface area contributed by atoms with Crippen molar-refractivity contribution in [3.8, 4) is 0 Å². The zero-order valence-corrected chi connectivity index (χ0v) is 37.2. The molecule has 1 N–H and O–H groups in total. The number of hydrogen-bond donors (Lipinski definition) is 1. The quantitative estimate of drug-likeness (QED) is 0.0518. The van der Waals surface area contributed by atoms with Crippen LogP contribution in [0.2, 0.25) is 13.1 Å². The molecule has 0 spiro atoms. The van der Waals surface area contributed by atoms with Gasteiger partial charge in [0.15, 0.2) is 0 Å². The van der Waals surface area contributed by atoms with E-state index in [2.05, 4.69) is 33.9 Å². The number of amides is 2. The Hall–Kier alpha value is -4.54. The molecule has 0 aromatic heterocycles. The number of carbonyl (C=O) groups is 4. The fraction of sp³-hybridized carbons (Fsp3) is 0.426. The molecular formula is C47H60N2O8PSi. The van der Waals surface area contributed by atoms with Gasteiger partial charge in [-0.15, -0.1) is 0 Å². The number of carbonyl (C=O) groups excluding carboxylic acids is 4. The van der Waals surface area contributed by atoms with Crippen molar-refractivity contribution in [3.05, 3.63) is 116 Å². The minimum Gasteiger partial charge on any atom is -0.457 e. The summed E-state index contributed by atoms with van der Waals surface area (Å²) in [7, 11) is -1.16.